The standard InChI is InChI=1S/C21H24O5/c1-13-18(14-8-6-5-7-9-14)21(13,20(23)26-4)19(22)15-10-11-16(24-2)17(12-15)25-3/h5-13,18-19,22H,1-4H3/t13-,18+,19?,21+/m1/s1. The Kier molecular flexibility index (Phi) is 4.92. The van der Waals surface area contributed by atoms with Crippen molar-refractivity contribution in [2.24, 2.45) is 11.3 Å². The Labute approximate surface area is 153 Å². The maximum Gasteiger partial charge on any atom is 0.315 e. The highest BCUT2D eigenvalue weighted by Crippen LogP contribution is 2.70. The van der Waals surface area contributed by atoms with E-state index in [1.165, 1.54) is 14.2 Å². The highest BCUT2D eigenvalue weighted by atomic mass is 16.5. The fraction of sp³-hybridized carbons (Fsp3) is 0.381. The normalized spacial score (nSPS) is 25.3. The molecule has 1 aliphatic rings. The van der Waals surface area contributed by atoms with Crippen LogP contribution in [0.4, 0.5) is 0 Å². The van der Waals surface area contributed by atoms with Crippen molar-refractivity contribution in [2.45, 2.75) is 18.9 Å². The molecule has 2 aromatic carbocycles. The van der Waals surface area contributed by atoms with Gasteiger partial charge in [-0.15, -0.1) is 0 Å². The quantitative estimate of drug-likeness (QED) is 0.804. The van der Waals surface area contributed by atoms with Gasteiger partial charge < -0.3 is 19.3 Å². The first-order valence-corrected chi connectivity index (χ1v) is 8.55. The summed E-state index contributed by atoms with van der Waals surface area (Å²) in [5.74, 6) is 0.508. The third-order valence-corrected chi connectivity index (χ3v) is 5.53. The first-order chi connectivity index (χ1) is 12.5. The molecule has 0 bridgehead atoms. The number of esters is 1. The largest absolute Gasteiger partial charge is 0.493 e. The molecule has 5 nitrogen and oxygen atoms in total. The van der Waals surface area contributed by atoms with Crippen LogP contribution in [0.3, 0.4) is 0 Å². The van der Waals surface area contributed by atoms with Gasteiger partial charge in [0.1, 0.15) is 5.41 Å². The van der Waals surface area contributed by atoms with Crippen molar-refractivity contribution in [3.05, 3.63) is 59.7 Å². The summed E-state index contributed by atoms with van der Waals surface area (Å²) in [6, 6.07) is 15.0. The van der Waals surface area contributed by atoms with Crippen LogP contribution in [-0.4, -0.2) is 32.4 Å². The maximum atomic E-state index is 12.7. The highest BCUT2D eigenvalue weighted by molar-refractivity contribution is 5.84. The Balaban J connectivity index is 2.03. The van der Waals surface area contributed by atoms with E-state index in [0.29, 0.717) is 17.1 Å². The molecular weight excluding hydrogens is 332 g/mol. The molecule has 0 aliphatic heterocycles. The summed E-state index contributed by atoms with van der Waals surface area (Å²) in [7, 11) is 4.45. The molecule has 138 valence electrons. The van der Waals surface area contributed by atoms with Crippen LogP contribution in [0, 0.1) is 11.3 Å². The van der Waals surface area contributed by atoms with E-state index in [9.17, 15) is 9.90 Å². The Morgan fingerprint density at radius 2 is 1.69 bits per heavy atom. The molecule has 1 unspecified atom stereocenters. The number of rotatable bonds is 6. The second kappa shape index (κ2) is 7.00. The lowest BCUT2D eigenvalue weighted by Gasteiger charge is -2.23. The second-order valence-corrected chi connectivity index (χ2v) is 6.62. The van der Waals surface area contributed by atoms with Crippen LogP contribution in [-0.2, 0) is 9.53 Å². The summed E-state index contributed by atoms with van der Waals surface area (Å²) in [4.78, 5) is 12.7. The summed E-state index contributed by atoms with van der Waals surface area (Å²) in [5.41, 5.74) is 0.596. The van der Waals surface area contributed by atoms with E-state index in [1.807, 2.05) is 37.3 Å². The molecule has 0 heterocycles. The van der Waals surface area contributed by atoms with Gasteiger partial charge in [-0.1, -0.05) is 43.3 Å². The topological polar surface area (TPSA) is 65.0 Å². The van der Waals surface area contributed by atoms with Crippen LogP contribution in [0.15, 0.2) is 48.5 Å². The molecule has 0 saturated heterocycles. The number of carbonyl (C=O) groups excluding carboxylic acids is 1. The third-order valence-electron chi connectivity index (χ3n) is 5.53. The van der Waals surface area contributed by atoms with Crippen molar-refractivity contribution in [2.75, 3.05) is 21.3 Å². The van der Waals surface area contributed by atoms with E-state index in [2.05, 4.69) is 0 Å². The van der Waals surface area contributed by atoms with Crippen molar-refractivity contribution in [1.29, 1.82) is 0 Å². The number of ether oxygens (including phenoxy) is 3. The van der Waals surface area contributed by atoms with Crippen LogP contribution in [0.25, 0.3) is 0 Å². The summed E-state index contributed by atoms with van der Waals surface area (Å²) in [6.07, 6.45) is -1.02. The van der Waals surface area contributed by atoms with E-state index >= 15 is 0 Å². The van der Waals surface area contributed by atoms with Crippen LogP contribution in [0.5, 0.6) is 11.5 Å². The number of carbonyl (C=O) groups is 1. The average Bonchev–Trinajstić information content (AvgIpc) is 3.32. The Morgan fingerprint density at radius 3 is 2.27 bits per heavy atom. The van der Waals surface area contributed by atoms with Gasteiger partial charge in [0.05, 0.1) is 27.4 Å². The molecule has 1 saturated carbocycles. The molecule has 4 atom stereocenters. The number of benzene rings is 2. The summed E-state index contributed by atoms with van der Waals surface area (Å²) in [5, 5.41) is 11.2. The van der Waals surface area contributed by atoms with Gasteiger partial charge in [-0.3, -0.25) is 4.79 Å². The monoisotopic (exact) mass is 356 g/mol. The molecule has 0 spiro atoms. The molecule has 0 radical (unpaired) electrons. The highest BCUT2D eigenvalue weighted by Gasteiger charge is 2.72. The molecule has 26 heavy (non-hydrogen) atoms. The molecule has 1 N–H and O–H groups in total. The van der Waals surface area contributed by atoms with Gasteiger partial charge in [0.2, 0.25) is 0 Å². The van der Waals surface area contributed by atoms with Crippen LogP contribution >= 0.6 is 0 Å². The average molecular weight is 356 g/mol. The van der Waals surface area contributed by atoms with Crippen LogP contribution in [0.1, 0.15) is 30.1 Å². The van der Waals surface area contributed by atoms with Crippen molar-refractivity contribution < 1.29 is 24.1 Å². The minimum absolute atomic E-state index is 0.0551. The zero-order chi connectivity index (χ0) is 18.9. The van der Waals surface area contributed by atoms with E-state index in [1.54, 1.807) is 25.3 Å². The Morgan fingerprint density at radius 1 is 1.04 bits per heavy atom. The third kappa shape index (κ3) is 2.63. The molecule has 0 aromatic heterocycles. The molecule has 3 rings (SSSR count). The molecule has 0 amide bonds. The van der Waals surface area contributed by atoms with E-state index in [0.717, 1.165) is 5.56 Å². The zero-order valence-electron chi connectivity index (χ0n) is 15.4. The first kappa shape index (κ1) is 18.3. The van der Waals surface area contributed by atoms with Gasteiger partial charge in [0, 0.05) is 5.92 Å². The van der Waals surface area contributed by atoms with Gasteiger partial charge in [-0.2, -0.15) is 0 Å². The zero-order valence-corrected chi connectivity index (χ0v) is 15.4. The summed E-state index contributed by atoms with van der Waals surface area (Å²) >= 11 is 0. The molecule has 1 aliphatic carbocycles. The van der Waals surface area contributed by atoms with E-state index in [-0.39, 0.29) is 11.8 Å². The van der Waals surface area contributed by atoms with Crippen molar-refractivity contribution in [3.63, 3.8) is 0 Å². The summed E-state index contributed by atoms with van der Waals surface area (Å²) < 4.78 is 15.7. The molecule has 5 heteroatoms. The lowest BCUT2D eigenvalue weighted by Crippen LogP contribution is -2.28. The maximum absolute atomic E-state index is 12.7. The lowest BCUT2D eigenvalue weighted by atomic mass is 9.87. The number of aliphatic hydroxyl groups excluding tert-OH is 1. The van der Waals surface area contributed by atoms with Gasteiger partial charge in [0.25, 0.3) is 0 Å². The van der Waals surface area contributed by atoms with Gasteiger partial charge in [0.15, 0.2) is 11.5 Å². The molecule has 1 fully saturated rings. The Hall–Kier alpha value is -2.53. The van der Waals surface area contributed by atoms with Crippen molar-refractivity contribution in [1.82, 2.24) is 0 Å². The number of aliphatic hydroxyl groups is 1. The lowest BCUT2D eigenvalue weighted by molar-refractivity contribution is -0.153. The number of methoxy groups -OCH3 is 3. The summed E-state index contributed by atoms with van der Waals surface area (Å²) in [6.45, 7) is 1.97. The van der Waals surface area contributed by atoms with Gasteiger partial charge in [-0.25, -0.2) is 0 Å². The van der Waals surface area contributed by atoms with E-state index < -0.39 is 17.5 Å². The van der Waals surface area contributed by atoms with Crippen LogP contribution in [0.2, 0.25) is 0 Å². The molecule has 2 aromatic rings. The first-order valence-electron chi connectivity index (χ1n) is 8.55. The molecular formula is C21H24O5. The number of hydrogen-bond donors (Lipinski definition) is 1. The van der Waals surface area contributed by atoms with Crippen LogP contribution < -0.4 is 9.47 Å². The second-order valence-electron chi connectivity index (χ2n) is 6.62. The fourth-order valence-corrected chi connectivity index (χ4v) is 4.13. The minimum atomic E-state index is -1.02. The predicted molar refractivity (Wildman–Crippen MR) is 97.3 cm³/mol. The number of hydrogen-bond acceptors (Lipinski definition) is 5. The van der Waals surface area contributed by atoms with Gasteiger partial charge in [-0.05, 0) is 29.2 Å². The minimum Gasteiger partial charge on any atom is -0.493 e. The SMILES string of the molecule is COC(=O)[C@@]1(C(O)c2ccc(OC)c(OC)c2)[C@H](C)[C@H]1c1ccccc1. The fourth-order valence-electron chi connectivity index (χ4n) is 4.13. The predicted octanol–water partition coefficient (Wildman–Crippen LogP) is 3.33. The van der Waals surface area contributed by atoms with Gasteiger partial charge >= 0.3 is 5.97 Å². The van der Waals surface area contributed by atoms with E-state index in [4.69, 9.17) is 14.2 Å². The smallest absolute Gasteiger partial charge is 0.315 e. The Bertz CT molecular complexity index is 788. The van der Waals surface area contributed by atoms with Crippen molar-refractivity contribution in [3.8, 4) is 11.5 Å². The van der Waals surface area contributed by atoms with Crippen molar-refractivity contribution >= 4 is 5.97 Å².